The fourth-order valence-corrected chi connectivity index (χ4v) is 3.10. The zero-order chi connectivity index (χ0) is 14.5. The smallest absolute Gasteiger partial charge is 0.313 e. The van der Waals surface area contributed by atoms with Crippen LogP contribution in [-0.2, 0) is 11.3 Å². The minimum absolute atomic E-state index is 0.00422. The van der Waals surface area contributed by atoms with Crippen LogP contribution in [0.2, 0.25) is 0 Å². The molecule has 2 rings (SSSR count). The van der Waals surface area contributed by atoms with Gasteiger partial charge in [-0.15, -0.1) is 21.5 Å². The highest BCUT2D eigenvalue weighted by Crippen LogP contribution is 2.27. The van der Waals surface area contributed by atoms with Gasteiger partial charge in [-0.1, -0.05) is 31.7 Å². The summed E-state index contributed by atoms with van der Waals surface area (Å²) in [7, 11) is 0. The summed E-state index contributed by atoms with van der Waals surface area (Å²) in [6.45, 7) is 5.14. The van der Waals surface area contributed by atoms with Crippen LogP contribution in [0.1, 0.15) is 20.3 Å². The van der Waals surface area contributed by atoms with Gasteiger partial charge in [0.05, 0.1) is 10.6 Å². The fraction of sp³-hybridized carbons (Fsp3) is 0.462. The lowest BCUT2D eigenvalue weighted by atomic mass is 10.1. The summed E-state index contributed by atoms with van der Waals surface area (Å²) in [5, 5.41) is 19.8. The molecule has 2 aromatic rings. The second-order valence-corrected chi connectivity index (χ2v) is 6.69. The van der Waals surface area contributed by atoms with Crippen LogP contribution >= 0.6 is 23.1 Å². The van der Waals surface area contributed by atoms with Crippen molar-refractivity contribution in [1.82, 2.24) is 14.8 Å². The van der Waals surface area contributed by atoms with E-state index in [1.807, 2.05) is 22.1 Å². The zero-order valence-corrected chi connectivity index (χ0v) is 13.1. The number of carboxylic acid groups (broad SMARTS) is 1. The minimum Gasteiger partial charge on any atom is -0.481 e. The lowest BCUT2D eigenvalue weighted by Crippen LogP contribution is -2.06. The molecule has 0 fully saturated rings. The Morgan fingerprint density at radius 1 is 1.50 bits per heavy atom. The van der Waals surface area contributed by atoms with E-state index in [9.17, 15) is 4.79 Å². The van der Waals surface area contributed by atoms with E-state index in [4.69, 9.17) is 5.11 Å². The minimum atomic E-state index is -0.842. The first-order chi connectivity index (χ1) is 9.58. The fourth-order valence-electron chi connectivity index (χ4n) is 1.70. The Morgan fingerprint density at radius 3 is 2.90 bits per heavy atom. The van der Waals surface area contributed by atoms with E-state index in [0.29, 0.717) is 11.1 Å². The maximum Gasteiger partial charge on any atom is 0.313 e. The third-order valence-electron chi connectivity index (χ3n) is 2.71. The third-order valence-corrected chi connectivity index (χ3v) is 4.53. The van der Waals surface area contributed by atoms with Crippen LogP contribution in [0.15, 0.2) is 22.7 Å². The SMILES string of the molecule is CC(C)CCn1c(SCC(=O)O)nnc1-c1cccs1. The lowest BCUT2D eigenvalue weighted by molar-refractivity contribution is -0.133. The highest BCUT2D eigenvalue weighted by Gasteiger charge is 2.16. The van der Waals surface area contributed by atoms with Crippen molar-refractivity contribution in [3.63, 3.8) is 0 Å². The molecule has 108 valence electrons. The number of thioether (sulfide) groups is 1. The van der Waals surface area contributed by atoms with Gasteiger partial charge in [0.25, 0.3) is 0 Å². The number of carboxylic acids is 1. The second-order valence-electron chi connectivity index (χ2n) is 4.80. The number of thiophene rings is 1. The van der Waals surface area contributed by atoms with Crippen molar-refractivity contribution in [1.29, 1.82) is 0 Å². The maximum absolute atomic E-state index is 10.7. The molecule has 0 unspecified atom stereocenters. The molecule has 0 bridgehead atoms. The molecule has 5 nitrogen and oxygen atoms in total. The quantitative estimate of drug-likeness (QED) is 0.795. The molecule has 0 aliphatic rings. The van der Waals surface area contributed by atoms with E-state index in [2.05, 4.69) is 24.0 Å². The molecular formula is C13H17N3O2S2. The van der Waals surface area contributed by atoms with E-state index in [1.54, 1.807) is 11.3 Å². The molecule has 20 heavy (non-hydrogen) atoms. The predicted octanol–water partition coefficient (Wildman–Crippen LogP) is 3.23. The van der Waals surface area contributed by atoms with Crippen LogP contribution in [0, 0.1) is 5.92 Å². The standard InChI is InChI=1S/C13H17N3O2S2/c1-9(2)5-6-16-12(10-4-3-7-19-10)14-15-13(16)20-8-11(17)18/h3-4,7,9H,5-6,8H2,1-2H3,(H,17,18). The number of aliphatic carboxylic acids is 1. The van der Waals surface area contributed by atoms with Gasteiger partial charge in [0.2, 0.25) is 0 Å². The number of rotatable bonds is 7. The number of hydrogen-bond acceptors (Lipinski definition) is 5. The molecule has 0 aromatic carbocycles. The van der Waals surface area contributed by atoms with Crippen molar-refractivity contribution >= 4 is 29.1 Å². The Hall–Kier alpha value is -1.34. The van der Waals surface area contributed by atoms with Crippen LogP contribution in [0.25, 0.3) is 10.7 Å². The van der Waals surface area contributed by atoms with Crippen LogP contribution < -0.4 is 0 Å². The molecule has 1 N–H and O–H groups in total. The number of aromatic nitrogens is 3. The van der Waals surface area contributed by atoms with E-state index in [1.165, 1.54) is 11.8 Å². The van der Waals surface area contributed by atoms with Crippen molar-refractivity contribution in [2.45, 2.75) is 32.0 Å². The van der Waals surface area contributed by atoms with Crippen molar-refractivity contribution in [2.75, 3.05) is 5.75 Å². The highest BCUT2D eigenvalue weighted by molar-refractivity contribution is 7.99. The number of hydrogen-bond donors (Lipinski definition) is 1. The molecular weight excluding hydrogens is 294 g/mol. The molecule has 0 aliphatic heterocycles. The molecule has 0 radical (unpaired) electrons. The summed E-state index contributed by atoms with van der Waals surface area (Å²) in [6, 6.07) is 3.98. The first-order valence-electron chi connectivity index (χ1n) is 6.39. The summed E-state index contributed by atoms with van der Waals surface area (Å²) in [6.07, 6.45) is 1.01. The molecule has 0 spiro atoms. The summed E-state index contributed by atoms with van der Waals surface area (Å²) < 4.78 is 2.03. The van der Waals surface area contributed by atoms with E-state index in [-0.39, 0.29) is 5.75 Å². The lowest BCUT2D eigenvalue weighted by Gasteiger charge is -2.10. The molecule has 2 heterocycles. The molecule has 7 heteroatoms. The summed E-state index contributed by atoms with van der Waals surface area (Å²) in [5.41, 5.74) is 0. The summed E-state index contributed by atoms with van der Waals surface area (Å²) in [5.74, 6) is 0.565. The van der Waals surface area contributed by atoms with Gasteiger partial charge in [0.1, 0.15) is 0 Å². The number of nitrogens with zero attached hydrogens (tertiary/aromatic N) is 3. The summed E-state index contributed by atoms with van der Waals surface area (Å²) in [4.78, 5) is 11.8. The van der Waals surface area contributed by atoms with E-state index < -0.39 is 5.97 Å². The van der Waals surface area contributed by atoms with Gasteiger partial charge in [-0.3, -0.25) is 4.79 Å². The molecule has 0 amide bonds. The predicted molar refractivity (Wildman–Crippen MR) is 81.1 cm³/mol. The highest BCUT2D eigenvalue weighted by atomic mass is 32.2. The topological polar surface area (TPSA) is 68.0 Å². The van der Waals surface area contributed by atoms with Crippen molar-refractivity contribution < 1.29 is 9.90 Å². The second kappa shape index (κ2) is 6.90. The maximum atomic E-state index is 10.7. The van der Waals surface area contributed by atoms with Crippen LogP contribution in [0.3, 0.4) is 0 Å². The van der Waals surface area contributed by atoms with E-state index >= 15 is 0 Å². The van der Waals surface area contributed by atoms with Gasteiger partial charge in [0, 0.05) is 6.54 Å². The summed E-state index contributed by atoms with van der Waals surface area (Å²) >= 11 is 2.83. The van der Waals surface area contributed by atoms with Gasteiger partial charge < -0.3 is 9.67 Å². The van der Waals surface area contributed by atoms with E-state index in [0.717, 1.165) is 23.7 Å². The van der Waals surface area contributed by atoms with Gasteiger partial charge >= 0.3 is 5.97 Å². The van der Waals surface area contributed by atoms with Crippen LogP contribution in [0.4, 0.5) is 0 Å². The van der Waals surface area contributed by atoms with Gasteiger partial charge in [-0.25, -0.2) is 0 Å². The Bertz CT molecular complexity index is 564. The molecule has 0 aliphatic carbocycles. The number of carbonyl (C=O) groups is 1. The normalized spacial score (nSPS) is 11.2. The Morgan fingerprint density at radius 2 is 2.30 bits per heavy atom. The van der Waals surface area contributed by atoms with Gasteiger partial charge in [-0.2, -0.15) is 0 Å². The molecule has 0 saturated heterocycles. The Balaban J connectivity index is 2.25. The largest absolute Gasteiger partial charge is 0.481 e. The first-order valence-corrected chi connectivity index (χ1v) is 8.26. The zero-order valence-electron chi connectivity index (χ0n) is 11.4. The average Bonchev–Trinajstić information content (AvgIpc) is 3.02. The molecule has 0 saturated carbocycles. The van der Waals surface area contributed by atoms with Crippen molar-refractivity contribution in [3.05, 3.63) is 17.5 Å². The third kappa shape index (κ3) is 3.83. The van der Waals surface area contributed by atoms with Crippen molar-refractivity contribution in [3.8, 4) is 10.7 Å². The van der Waals surface area contributed by atoms with Crippen molar-refractivity contribution in [2.24, 2.45) is 5.92 Å². The van der Waals surface area contributed by atoms with Crippen LogP contribution in [-0.4, -0.2) is 31.6 Å². The molecule has 0 atom stereocenters. The van der Waals surface area contributed by atoms with Gasteiger partial charge in [0.15, 0.2) is 11.0 Å². The monoisotopic (exact) mass is 311 g/mol. The first kappa shape index (κ1) is 15.1. The Labute approximate surface area is 126 Å². The average molecular weight is 311 g/mol. The Kier molecular flexibility index (Phi) is 5.19. The molecule has 2 aromatic heterocycles. The van der Waals surface area contributed by atoms with Gasteiger partial charge in [-0.05, 0) is 23.8 Å². The van der Waals surface area contributed by atoms with Crippen LogP contribution in [0.5, 0.6) is 0 Å².